The Morgan fingerprint density at radius 2 is 2.16 bits per heavy atom. The minimum absolute atomic E-state index is 0.270. The van der Waals surface area contributed by atoms with Crippen LogP contribution in [0, 0.1) is 0 Å². The van der Waals surface area contributed by atoms with Crippen molar-refractivity contribution < 1.29 is 9.21 Å². The molecule has 0 spiro atoms. The second-order valence-electron chi connectivity index (χ2n) is 3.78. The first-order valence-corrected chi connectivity index (χ1v) is 5.72. The molecule has 2 heterocycles. The maximum atomic E-state index is 11.7. The SMILES string of the molecule is CC(/C=C\c1ccco1)=N\NC(=O)c1ccncc1. The standard InChI is InChI=1S/C14H13N3O2/c1-11(4-5-13-3-2-10-19-13)16-17-14(18)12-6-8-15-9-7-12/h2-10H,1H3,(H,17,18)/b5-4-,16-11+. The van der Waals surface area contributed by atoms with Crippen LogP contribution in [0.4, 0.5) is 0 Å². The molecule has 0 aromatic carbocycles. The number of furan rings is 1. The molecule has 2 aromatic rings. The Hall–Kier alpha value is -2.69. The van der Waals surface area contributed by atoms with Crippen molar-refractivity contribution in [3.63, 3.8) is 0 Å². The Morgan fingerprint density at radius 3 is 2.84 bits per heavy atom. The van der Waals surface area contributed by atoms with Crippen molar-refractivity contribution in [3.8, 4) is 0 Å². The number of nitrogens with one attached hydrogen (secondary N) is 1. The van der Waals surface area contributed by atoms with E-state index in [-0.39, 0.29) is 5.91 Å². The van der Waals surface area contributed by atoms with E-state index in [0.717, 1.165) is 5.76 Å². The third-order valence-corrected chi connectivity index (χ3v) is 2.31. The molecule has 5 heteroatoms. The van der Waals surface area contributed by atoms with Gasteiger partial charge in [-0.05, 0) is 43.3 Å². The number of hydrogen-bond acceptors (Lipinski definition) is 4. The number of hydrazone groups is 1. The van der Waals surface area contributed by atoms with E-state index >= 15 is 0 Å². The quantitative estimate of drug-likeness (QED) is 0.674. The van der Waals surface area contributed by atoms with Gasteiger partial charge in [-0.25, -0.2) is 5.43 Å². The van der Waals surface area contributed by atoms with Gasteiger partial charge >= 0.3 is 0 Å². The first-order chi connectivity index (χ1) is 9.25. The third kappa shape index (κ3) is 3.92. The van der Waals surface area contributed by atoms with Gasteiger partial charge in [-0.1, -0.05) is 0 Å². The lowest BCUT2D eigenvalue weighted by atomic mass is 10.3. The van der Waals surface area contributed by atoms with Crippen LogP contribution in [0.5, 0.6) is 0 Å². The summed E-state index contributed by atoms with van der Waals surface area (Å²) in [6.07, 6.45) is 8.24. The van der Waals surface area contributed by atoms with Crippen molar-refractivity contribution in [2.45, 2.75) is 6.92 Å². The molecule has 5 nitrogen and oxygen atoms in total. The van der Waals surface area contributed by atoms with E-state index in [1.807, 2.05) is 6.07 Å². The van der Waals surface area contributed by atoms with Crippen LogP contribution in [-0.2, 0) is 0 Å². The van der Waals surface area contributed by atoms with Crippen LogP contribution < -0.4 is 5.43 Å². The Balaban J connectivity index is 1.93. The molecule has 2 rings (SSSR count). The number of carbonyl (C=O) groups is 1. The molecule has 1 N–H and O–H groups in total. The molecule has 0 aliphatic heterocycles. The number of amides is 1. The first kappa shape index (κ1) is 12.8. The van der Waals surface area contributed by atoms with Gasteiger partial charge in [0.2, 0.25) is 0 Å². The zero-order chi connectivity index (χ0) is 13.5. The Morgan fingerprint density at radius 1 is 1.37 bits per heavy atom. The lowest BCUT2D eigenvalue weighted by Gasteiger charge is -1.99. The Kier molecular flexibility index (Phi) is 4.23. The summed E-state index contributed by atoms with van der Waals surface area (Å²) in [7, 11) is 0. The highest BCUT2D eigenvalue weighted by molar-refractivity contribution is 5.98. The fourth-order valence-corrected chi connectivity index (χ4v) is 1.33. The van der Waals surface area contributed by atoms with Crippen LogP contribution in [0.25, 0.3) is 6.08 Å². The highest BCUT2D eigenvalue weighted by Crippen LogP contribution is 2.02. The van der Waals surface area contributed by atoms with E-state index in [2.05, 4.69) is 15.5 Å². The highest BCUT2D eigenvalue weighted by atomic mass is 16.3. The van der Waals surface area contributed by atoms with Crippen LogP contribution >= 0.6 is 0 Å². The molecular weight excluding hydrogens is 242 g/mol. The first-order valence-electron chi connectivity index (χ1n) is 5.72. The average Bonchev–Trinajstić information content (AvgIpc) is 2.96. The monoisotopic (exact) mass is 255 g/mol. The summed E-state index contributed by atoms with van der Waals surface area (Å²) < 4.78 is 5.14. The largest absolute Gasteiger partial charge is 0.465 e. The maximum Gasteiger partial charge on any atom is 0.271 e. The van der Waals surface area contributed by atoms with E-state index in [1.54, 1.807) is 55.9 Å². The van der Waals surface area contributed by atoms with Gasteiger partial charge in [0.25, 0.3) is 5.91 Å². The molecule has 1 amide bonds. The maximum absolute atomic E-state index is 11.7. The molecule has 0 bridgehead atoms. The Bertz CT molecular complexity index is 586. The van der Waals surface area contributed by atoms with Crippen molar-refractivity contribution in [1.29, 1.82) is 0 Å². The number of allylic oxidation sites excluding steroid dienone is 1. The van der Waals surface area contributed by atoms with Gasteiger partial charge in [0.05, 0.1) is 12.0 Å². The smallest absolute Gasteiger partial charge is 0.271 e. The fourth-order valence-electron chi connectivity index (χ4n) is 1.33. The second-order valence-corrected chi connectivity index (χ2v) is 3.78. The van der Waals surface area contributed by atoms with Gasteiger partial charge in [0.15, 0.2) is 0 Å². The van der Waals surface area contributed by atoms with Crippen LogP contribution in [-0.4, -0.2) is 16.6 Å². The van der Waals surface area contributed by atoms with Gasteiger partial charge in [0.1, 0.15) is 5.76 Å². The van der Waals surface area contributed by atoms with Crippen molar-refractivity contribution >= 4 is 17.7 Å². The second kappa shape index (κ2) is 6.30. The molecule has 0 atom stereocenters. The number of aromatic nitrogens is 1. The Labute approximate surface area is 110 Å². The van der Waals surface area contributed by atoms with E-state index in [0.29, 0.717) is 11.3 Å². The summed E-state index contributed by atoms with van der Waals surface area (Å²) in [5.74, 6) is 0.461. The minimum atomic E-state index is -0.270. The predicted octanol–water partition coefficient (Wildman–Crippen LogP) is 2.49. The van der Waals surface area contributed by atoms with Gasteiger partial charge < -0.3 is 4.42 Å². The summed E-state index contributed by atoms with van der Waals surface area (Å²) in [5.41, 5.74) is 3.65. The molecule has 0 aliphatic rings. The predicted molar refractivity (Wildman–Crippen MR) is 72.6 cm³/mol. The third-order valence-electron chi connectivity index (χ3n) is 2.31. The molecule has 19 heavy (non-hydrogen) atoms. The summed E-state index contributed by atoms with van der Waals surface area (Å²) in [6.45, 7) is 1.78. The molecule has 0 saturated heterocycles. The fraction of sp³-hybridized carbons (Fsp3) is 0.0714. The topological polar surface area (TPSA) is 67.5 Å². The number of rotatable bonds is 4. The number of carbonyl (C=O) groups excluding carboxylic acids is 1. The molecular formula is C14H13N3O2. The van der Waals surface area contributed by atoms with Crippen molar-refractivity contribution in [2.75, 3.05) is 0 Å². The van der Waals surface area contributed by atoms with Crippen molar-refractivity contribution in [2.24, 2.45) is 5.10 Å². The molecule has 0 unspecified atom stereocenters. The van der Waals surface area contributed by atoms with Gasteiger partial charge in [-0.3, -0.25) is 9.78 Å². The number of hydrogen-bond donors (Lipinski definition) is 1. The summed E-state index contributed by atoms with van der Waals surface area (Å²) in [4.78, 5) is 15.5. The summed E-state index contributed by atoms with van der Waals surface area (Å²) >= 11 is 0. The lowest BCUT2D eigenvalue weighted by molar-refractivity contribution is 0.0954. The van der Waals surface area contributed by atoms with Crippen LogP contribution in [0.15, 0.2) is 58.5 Å². The van der Waals surface area contributed by atoms with Gasteiger partial charge in [-0.2, -0.15) is 5.10 Å². The molecule has 0 fully saturated rings. The summed E-state index contributed by atoms with van der Waals surface area (Å²) in [5, 5.41) is 3.97. The van der Waals surface area contributed by atoms with Crippen molar-refractivity contribution in [3.05, 3.63) is 60.3 Å². The zero-order valence-electron chi connectivity index (χ0n) is 10.4. The normalized spacial score (nSPS) is 11.7. The number of pyridine rings is 1. The zero-order valence-corrected chi connectivity index (χ0v) is 10.4. The van der Waals surface area contributed by atoms with Gasteiger partial charge in [-0.15, -0.1) is 0 Å². The molecule has 0 aliphatic carbocycles. The molecule has 96 valence electrons. The van der Waals surface area contributed by atoms with E-state index in [4.69, 9.17) is 4.42 Å². The minimum Gasteiger partial charge on any atom is -0.465 e. The highest BCUT2D eigenvalue weighted by Gasteiger charge is 2.02. The van der Waals surface area contributed by atoms with E-state index < -0.39 is 0 Å². The molecule has 0 radical (unpaired) electrons. The van der Waals surface area contributed by atoms with Crippen LogP contribution in [0.1, 0.15) is 23.0 Å². The van der Waals surface area contributed by atoms with Crippen molar-refractivity contribution in [1.82, 2.24) is 10.4 Å². The average molecular weight is 255 g/mol. The molecule has 2 aromatic heterocycles. The lowest BCUT2D eigenvalue weighted by Crippen LogP contribution is -2.18. The molecule has 0 saturated carbocycles. The van der Waals surface area contributed by atoms with Crippen LogP contribution in [0.3, 0.4) is 0 Å². The van der Waals surface area contributed by atoms with Crippen LogP contribution in [0.2, 0.25) is 0 Å². The van der Waals surface area contributed by atoms with Gasteiger partial charge in [0, 0.05) is 18.0 Å². The number of nitrogens with zero attached hydrogens (tertiary/aromatic N) is 2. The summed E-state index contributed by atoms with van der Waals surface area (Å²) in [6, 6.07) is 6.88. The van der Waals surface area contributed by atoms with E-state index in [9.17, 15) is 4.79 Å². The van der Waals surface area contributed by atoms with E-state index in [1.165, 1.54) is 0 Å².